The molecule has 0 amide bonds. The molecule has 2 aromatic heterocycles. The van der Waals surface area contributed by atoms with Crippen molar-refractivity contribution in [3.05, 3.63) is 90.1 Å². The van der Waals surface area contributed by atoms with Crippen LogP contribution < -0.4 is 0 Å². The van der Waals surface area contributed by atoms with Crippen LogP contribution in [0.25, 0.3) is 38.3 Å². The summed E-state index contributed by atoms with van der Waals surface area (Å²) < 4.78 is 7.48. The lowest BCUT2D eigenvalue weighted by atomic mass is 9.98. The maximum absolute atomic E-state index is 12.9. The lowest BCUT2D eigenvalue weighted by Gasteiger charge is -2.12. The Labute approximate surface area is 173 Å². The summed E-state index contributed by atoms with van der Waals surface area (Å²) in [7, 11) is 0. The van der Waals surface area contributed by atoms with E-state index in [0.717, 1.165) is 44.6 Å². The number of fused-ring (bicyclic) bond motifs is 5. The lowest BCUT2D eigenvalue weighted by Crippen LogP contribution is -2.05. The highest BCUT2D eigenvalue weighted by atomic mass is 16.5. The average molecular weight is 393 g/mol. The van der Waals surface area contributed by atoms with Crippen LogP contribution >= 0.6 is 0 Å². The molecule has 0 aliphatic heterocycles. The van der Waals surface area contributed by atoms with Crippen LogP contribution in [-0.2, 0) is 4.74 Å². The van der Waals surface area contributed by atoms with Crippen molar-refractivity contribution < 1.29 is 14.3 Å². The minimum absolute atomic E-state index is 0.315. The van der Waals surface area contributed by atoms with Crippen LogP contribution in [0.2, 0.25) is 0 Å². The third-order valence-electron chi connectivity index (χ3n) is 5.48. The topological polar surface area (TPSA) is 47.8 Å². The molecule has 5 aromatic rings. The van der Waals surface area contributed by atoms with Crippen molar-refractivity contribution in [1.82, 2.24) is 4.40 Å². The van der Waals surface area contributed by atoms with Crippen molar-refractivity contribution in [1.29, 1.82) is 0 Å². The van der Waals surface area contributed by atoms with Crippen LogP contribution in [0.1, 0.15) is 27.6 Å². The molecule has 0 saturated heterocycles. The number of ether oxygens (including phenoxy) is 1. The molecule has 0 fully saturated rings. The zero-order chi connectivity index (χ0) is 20.7. The Morgan fingerprint density at radius 2 is 1.57 bits per heavy atom. The van der Waals surface area contributed by atoms with E-state index in [9.17, 15) is 9.59 Å². The molecular formula is C26H19NO3. The molecule has 0 N–H and O–H groups in total. The average Bonchev–Trinajstić information content (AvgIpc) is 3.13. The summed E-state index contributed by atoms with van der Waals surface area (Å²) in [5.74, 6) is -0.315. The summed E-state index contributed by atoms with van der Waals surface area (Å²) in [5, 5.41) is 2.89. The quantitative estimate of drug-likeness (QED) is 0.282. The molecule has 2 heterocycles. The van der Waals surface area contributed by atoms with Gasteiger partial charge in [0.1, 0.15) is 6.29 Å². The maximum atomic E-state index is 12.9. The third-order valence-corrected chi connectivity index (χ3v) is 5.48. The highest BCUT2D eigenvalue weighted by Gasteiger charge is 2.22. The number of aldehydes is 1. The number of carbonyl (C=O) groups is 2. The van der Waals surface area contributed by atoms with Gasteiger partial charge in [0.15, 0.2) is 0 Å². The van der Waals surface area contributed by atoms with Crippen molar-refractivity contribution in [3.8, 4) is 11.1 Å². The van der Waals surface area contributed by atoms with Crippen LogP contribution in [-0.4, -0.2) is 23.3 Å². The van der Waals surface area contributed by atoms with E-state index >= 15 is 0 Å². The molecule has 0 unspecified atom stereocenters. The molecule has 3 aromatic carbocycles. The normalized spacial score (nSPS) is 11.2. The Hall–Kier alpha value is -3.92. The smallest absolute Gasteiger partial charge is 0.340 e. The van der Waals surface area contributed by atoms with Gasteiger partial charge in [0.2, 0.25) is 0 Å². The van der Waals surface area contributed by atoms with Gasteiger partial charge in [0.25, 0.3) is 0 Å². The molecule has 0 aliphatic carbocycles. The standard InChI is InChI=1S/C26H19NO3/c1-2-30-26(29)24-21-9-5-6-10-23(21)27-15-22(18-13-11-17(16-28)12-14-18)19-7-3-4-8-20(19)25(24)27/h3-16H,2H2,1H3. The number of esters is 1. The number of rotatable bonds is 4. The lowest BCUT2D eigenvalue weighted by molar-refractivity contribution is 0.0531. The van der Waals surface area contributed by atoms with E-state index in [0.29, 0.717) is 17.7 Å². The van der Waals surface area contributed by atoms with Gasteiger partial charge in [-0.3, -0.25) is 4.79 Å². The first-order valence-corrected chi connectivity index (χ1v) is 9.90. The molecule has 30 heavy (non-hydrogen) atoms. The van der Waals surface area contributed by atoms with Gasteiger partial charge < -0.3 is 9.14 Å². The third kappa shape index (κ3) is 2.69. The predicted octanol–water partition coefficient (Wildman–Crippen LogP) is 5.90. The molecule has 146 valence electrons. The van der Waals surface area contributed by atoms with Crippen LogP contribution in [0.4, 0.5) is 0 Å². The van der Waals surface area contributed by atoms with Gasteiger partial charge in [-0.05, 0) is 23.9 Å². The van der Waals surface area contributed by atoms with E-state index < -0.39 is 0 Å². The number of hydrogen-bond acceptors (Lipinski definition) is 3. The summed E-state index contributed by atoms with van der Waals surface area (Å²) in [4.78, 5) is 24.0. The molecule has 4 nitrogen and oxygen atoms in total. The fourth-order valence-corrected chi connectivity index (χ4v) is 4.17. The number of benzene rings is 3. The maximum Gasteiger partial charge on any atom is 0.340 e. The van der Waals surface area contributed by atoms with Crippen molar-refractivity contribution >= 4 is 39.4 Å². The molecular weight excluding hydrogens is 374 g/mol. The first-order chi connectivity index (χ1) is 14.7. The largest absolute Gasteiger partial charge is 0.462 e. The van der Waals surface area contributed by atoms with Gasteiger partial charge >= 0.3 is 5.97 Å². The van der Waals surface area contributed by atoms with E-state index in [1.807, 2.05) is 73.7 Å². The second-order valence-electron chi connectivity index (χ2n) is 7.16. The minimum Gasteiger partial charge on any atom is -0.462 e. The summed E-state index contributed by atoms with van der Waals surface area (Å²) >= 11 is 0. The van der Waals surface area contributed by atoms with Gasteiger partial charge in [-0.15, -0.1) is 0 Å². The Morgan fingerprint density at radius 1 is 0.900 bits per heavy atom. The van der Waals surface area contributed by atoms with E-state index in [2.05, 4.69) is 16.7 Å². The fourth-order valence-electron chi connectivity index (χ4n) is 4.17. The number of pyridine rings is 1. The van der Waals surface area contributed by atoms with Crippen molar-refractivity contribution in [3.63, 3.8) is 0 Å². The molecule has 4 heteroatoms. The predicted molar refractivity (Wildman–Crippen MR) is 119 cm³/mol. The molecule has 0 bridgehead atoms. The van der Waals surface area contributed by atoms with Gasteiger partial charge in [0.05, 0.1) is 23.2 Å². The first kappa shape index (κ1) is 18.1. The molecule has 0 radical (unpaired) electrons. The first-order valence-electron chi connectivity index (χ1n) is 9.90. The van der Waals surface area contributed by atoms with E-state index in [1.165, 1.54) is 0 Å². The number of nitrogens with zero attached hydrogens (tertiary/aromatic N) is 1. The van der Waals surface area contributed by atoms with E-state index in [4.69, 9.17) is 4.74 Å². The molecule has 0 aliphatic rings. The number of aromatic nitrogens is 1. The Kier molecular flexibility index (Phi) is 4.32. The van der Waals surface area contributed by atoms with E-state index in [1.54, 1.807) is 0 Å². The van der Waals surface area contributed by atoms with E-state index in [-0.39, 0.29) is 5.97 Å². The van der Waals surface area contributed by atoms with Gasteiger partial charge in [0, 0.05) is 28.1 Å². The van der Waals surface area contributed by atoms with Crippen LogP contribution in [0.15, 0.2) is 79.0 Å². The van der Waals surface area contributed by atoms with Crippen molar-refractivity contribution in [2.75, 3.05) is 6.61 Å². The van der Waals surface area contributed by atoms with Gasteiger partial charge in [-0.1, -0.05) is 66.7 Å². The number of carbonyl (C=O) groups excluding carboxylic acids is 2. The second-order valence-corrected chi connectivity index (χ2v) is 7.16. The Morgan fingerprint density at radius 3 is 2.27 bits per heavy atom. The van der Waals surface area contributed by atoms with Crippen LogP contribution in [0.5, 0.6) is 0 Å². The molecule has 5 rings (SSSR count). The Bertz CT molecular complexity index is 1430. The monoisotopic (exact) mass is 393 g/mol. The van der Waals surface area contributed by atoms with Gasteiger partial charge in [-0.2, -0.15) is 0 Å². The minimum atomic E-state index is -0.315. The summed E-state index contributed by atoms with van der Waals surface area (Å²) in [6, 6.07) is 23.5. The zero-order valence-electron chi connectivity index (χ0n) is 16.5. The molecule has 0 spiro atoms. The fraction of sp³-hybridized carbons (Fsp3) is 0.0769. The summed E-state index contributed by atoms with van der Waals surface area (Å²) in [5.41, 5.74) is 5.07. The van der Waals surface area contributed by atoms with Crippen molar-refractivity contribution in [2.24, 2.45) is 0 Å². The number of para-hydroxylation sites is 1. The second kappa shape index (κ2) is 7.16. The summed E-state index contributed by atoms with van der Waals surface area (Å²) in [6.07, 6.45) is 2.91. The summed E-state index contributed by atoms with van der Waals surface area (Å²) in [6.45, 7) is 2.14. The molecule has 0 saturated carbocycles. The number of hydrogen-bond donors (Lipinski definition) is 0. The Balaban J connectivity index is 1.94. The van der Waals surface area contributed by atoms with Gasteiger partial charge in [-0.25, -0.2) is 4.79 Å². The highest BCUT2D eigenvalue weighted by molar-refractivity contribution is 6.19. The zero-order valence-corrected chi connectivity index (χ0v) is 16.5. The SMILES string of the molecule is CCOC(=O)c1c2ccccc2n2cc(-c3ccc(C=O)cc3)c3ccccc3c12. The van der Waals surface area contributed by atoms with Crippen molar-refractivity contribution in [2.45, 2.75) is 6.92 Å². The van der Waals surface area contributed by atoms with Crippen LogP contribution in [0.3, 0.4) is 0 Å². The highest BCUT2D eigenvalue weighted by Crippen LogP contribution is 2.37. The molecule has 0 atom stereocenters. The van der Waals surface area contributed by atoms with Crippen LogP contribution in [0, 0.1) is 0 Å².